The van der Waals surface area contributed by atoms with Crippen molar-refractivity contribution in [2.45, 2.75) is 103 Å². The predicted octanol–water partition coefficient (Wildman–Crippen LogP) is 5.80. The number of unbranched alkanes of at least 4 members (excludes halogenated alkanes) is 11. The fraction of sp³-hybridized carbons (Fsp3) is 0.941. The van der Waals surface area contributed by atoms with Gasteiger partial charge in [-0.25, -0.2) is 9.79 Å². The number of isocyanates is 1. The van der Waals surface area contributed by atoms with Gasteiger partial charge in [-0.2, -0.15) is 0 Å². The van der Waals surface area contributed by atoms with Crippen molar-refractivity contribution in [1.82, 2.24) is 0 Å². The first-order valence-corrected chi connectivity index (χ1v) is 8.38. The third kappa shape index (κ3) is 15.3. The van der Waals surface area contributed by atoms with E-state index in [1.54, 1.807) is 6.08 Å². The molecule has 0 aliphatic rings. The fourth-order valence-electron chi connectivity index (χ4n) is 2.44. The molecule has 0 rings (SSSR count). The summed E-state index contributed by atoms with van der Waals surface area (Å²) in [7, 11) is 0. The van der Waals surface area contributed by atoms with Gasteiger partial charge in [0.05, 0.1) is 6.04 Å². The molecule has 0 heterocycles. The minimum Gasteiger partial charge on any atom is -0.211 e. The summed E-state index contributed by atoms with van der Waals surface area (Å²) < 4.78 is 0. The van der Waals surface area contributed by atoms with E-state index in [1.807, 2.05) is 6.92 Å². The predicted molar refractivity (Wildman–Crippen MR) is 83.3 cm³/mol. The number of nitrogens with zero attached hydrogens (tertiary/aromatic N) is 1. The Labute approximate surface area is 120 Å². The van der Waals surface area contributed by atoms with E-state index in [0.717, 1.165) is 6.42 Å². The van der Waals surface area contributed by atoms with Crippen LogP contribution in [0, 0.1) is 0 Å². The highest BCUT2D eigenvalue weighted by Crippen LogP contribution is 2.13. The first-order valence-electron chi connectivity index (χ1n) is 8.38. The fourth-order valence-corrected chi connectivity index (χ4v) is 2.44. The molecule has 19 heavy (non-hydrogen) atoms. The van der Waals surface area contributed by atoms with Crippen molar-refractivity contribution in [3.63, 3.8) is 0 Å². The van der Waals surface area contributed by atoms with E-state index in [2.05, 4.69) is 11.9 Å². The van der Waals surface area contributed by atoms with Crippen molar-refractivity contribution in [3.05, 3.63) is 0 Å². The van der Waals surface area contributed by atoms with Crippen LogP contribution in [0.4, 0.5) is 0 Å². The van der Waals surface area contributed by atoms with Gasteiger partial charge in [0.1, 0.15) is 0 Å². The molecule has 0 aromatic heterocycles. The van der Waals surface area contributed by atoms with Crippen LogP contribution in [0.15, 0.2) is 4.99 Å². The molecule has 1 atom stereocenters. The lowest BCUT2D eigenvalue weighted by atomic mass is 10.0. The third-order valence-electron chi connectivity index (χ3n) is 3.75. The highest BCUT2D eigenvalue weighted by Gasteiger charge is 1.98. The smallest absolute Gasteiger partial charge is 0.211 e. The van der Waals surface area contributed by atoms with Gasteiger partial charge in [0.25, 0.3) is 0 Å². The van der Waals surface area contributed by atoms with Crippen molar-refractivity contribution in [3.8, 4) is 0 Å². The van der Waals surface area contributed by atoms with Crippen LogP contribution in [0.5, 0.6) is 0 Å². The quantitative estimate of drug-likeness (QED) is 0.222. The second-order valence-electron chi connectivity index (χ2n) is 5.75. The zero-order valence-electron chi connectivity index (χ0n) is 13.1. The molecule has 112 valence electrons. The largest absolute Gasteiger partial charge is 0.235 e. The first-order chi connectivity index (χ1) is 9.31. The molecule has 0 fully saturated rings. The first kappa shape index (κ1) is 18.4. The molecule has 0 aliphatic heterocycles. The second kappa shape index (κ2) is 15.4. The van der Waals surface area contributed by atoms with Crippen LogP contribution in [0.1, 0.15) is 97.3 Å². The number of hydrogen-bond donors (Lipinski definition) is 0. The number of hydrogen-bond acceptors (Lipinski definition) is 2. The van der Waals surface area contributed by atoms with E-state index in [-0.39, 0.29) is 6.04 Å². The summed E-state index contributed by atoms with van der Waals surface area (Å²) in [5.74, 6) is 0. The topological polar surface area (TPSA) is 29.4 Å². The van der Waals surface area contributed by atoms with Gasteiger partial charge in [-0.1, -0.05) is 84.0 Å². The highest BCUT2D eigenvalue weighted by molar-refractivity contribution is 5.33. The summed E-state index contributed by atoms with van der Waals surface area (Å²) in [4.78, 5) is 13.8. The van der Waals surface area contributed by atoms with Crippen molar-refractivity contribution in [1.29, 1.82) is 0 Å². The lowest BCUT2D eigenvalue weighted by Crippen LogP contribution is -1.96. The van der Waals surface area contributed by atoms with E-state index >= 15 is 0 Å². The summed E-state index contributed by atoms with van der Waals surface area (Å²) in [6.45, 7) is 4.26. The Kier molecular flexibility index (Phi) is 14.9. The molecule has 0 aliphatic carbocycles. The van der Waals surface area contributed by atoms with E-state index in [0.29, 0.717) is 0 Å². The molecule has 0 amide bonds. The zero-order chi connectivity index (χ0) is 14.2. The van der Waals surface area contributed by atoms with Gasteiger partial charge >= 0.3 is 0 Å². The Bertz CT molecular complexity index is 221. The van der Waals surface area contributed by atoms with Gasteiger partial charge in [-0.3, -0.25) is 0 Å². The maximum Gasteiger partial charge on any atom is 0.235 e. The Morgan fingerprint density at radius 1 is 0.789 bits per heavy atom. The zero-order valence-corrected chi connectivity index (χ0v) is 13.1. The van der Waals surface area contributed by atoms with Crippen molar-refractivity contribution >= 4 is 6.08 Å². The van der Waals surface area contributed by atoms with Crippen molar-refractivity contribution in [2.75, 3.05) is 0 Å². The van der Waals surface area contributed by atoms with Crippen molar-refractivity contribution in [2.24, 2.45) is 4.99 Å². The molecule has 0 N–H and O–H groups in total. The summed E-state index contributed by atoms with van der Waals surface area (Å²) in [5, 5.41) is 0. The Morgan fingerprint density at radius 3 is 1.63 bits per heavy atom. The average Bonchev–Trinajstić information content (AvgIpc) is 2.40. The van der Waals surface area contributed by atoms with Gasteiger partial charge in [0.15, 0.2) is 0 Å². The van der Waals surface area contributed by atoms with Crippen LogP contribution in [0.25, 0.3) is 0 Å². The molecule has 0 saturated heterocycles. The van der Waals surface area contributed by atoms with Crippen LogP contribution >= 0.6 is 0 Å². The lowest BCUT2D eigenvalue weighted by Gasteiger charge is -2.04. The molecule has 0 saturated carbocycles. The van der Waals surface area contributed by atoms with Crippen LogP contribution in [0.2, 0.25) is 0 Å². The number of carbonyl (C=O) groups excluding carboxylic acids is 1. The molecule has 0 bridgehead atoms. The summed E-state index contributed by atoms with van der Waals surface area (Å²) in [6.07, 6.45) is 19.2. The molecule has 2 nitrogen and oxygen atoms in total. The molecule has 2 heteroatoms. The third-order valence-corrected chi connectivity index (χ3v) is 3.75. The molecule has 1 unspecified atom stereocenters. The monoisotopic (exact) mass is 267 g/mol. The van der Waals surface area contributed by atoms with E-state index in [9.17, 15) is 4.79 Å². The minimum absolute atomic E-state index is 0.167. The van der Waals surface area contributed by atoms with Crippen LogP contribution in [0.3, 0.4) is 0 Å². The summed E-state index contributed by atoms with van der Waals surface area (Å²) in [6, 6.07) is 0.167. The summed E-state index contributed by atoms with van der Waals surface area (Å²) in [5.41, 5.74) is 0. The molecule has 0 spiro atoms. The lowest BCUT2D eigenvalue weighted by molar-refractivity contribution is 0.523. The Hall–Kier alpha value is -0.620. The Morgan fingerprint density at radius 2 is 1.21 bits per heavy atom. The molecule has 0 radical (unpaired) electrons. The van der Waals surface area contributed by atoms with E-state index in [4.69, 9.17) is 0 Å². The normalized spacial score (nSPS) is 12.1. The molecule has 0 aromatic carbocycles. The van der Waals surface area contributed by atoms with Gasteiger partial charge in [-0.05, 0) is 13.3 Å². The Balaban J connectivity index is 3.04. The van der Waals surface area contributed by atoms with Crippen LogP contribution in [-0.4, -0.2) is 12.1 Å². The highest BCUT2D eigenvalue weighted by atomic mass is 16.1. The van der Waals surface area contributed by atoms with Gasteiger partial charge in [0, 0.05) is 0 Å². The van der Waals surface area contributed by atoms with E-state index in [1.165, 1.54) is 77.0 Å². The van der Waals surface area contributed by atoms with Crippen LogP contribution < -0.4 is 0 Å². The molecular formula is C17H33NO. The second-order valence-corrected chi connectivity index (χ2v) is 5.75. The molecule has 0 aromatic rings. The van der Waals surface area contributed by atoms with Crippen molar-refractivity contribution < 1.29 is 4.79 Å². The summed E-state index contributed by atoms with van der Waals surface area (Å²) >= 11 is 0. The van der Waals surface area contributed by atoms with Gasteiger partial charge in [0.2, 0.25) is 6.08 Å². The number of aliphatic imine (C=N–C) groups is 1. The minimum atomic E-state index is 0.167. The standard InChI is InChI=1S/C17H33NO/c1-3-4-5-6-7-8-9-10-11-12-13-14-15-17(2)18-16-19/h17H,3-15H2,1-2H3. The number of rotatable bonds is 14. The van der Waals surface area contributed by atoms with Gasteiger partial charge < -0.3 is 0 Å². The van der Waals surface area contributed by atoms with Gasteiger partial charge in [-0.15, -0.1) is 0 Å². The SMILES string of the molecule is CCCCCCCCCCCCCCC(C)N=C=O. The molecular weight excluding hydrogens is 234 g/mol. The maximum absolute atomic E-state index is 10.0. The van der Waals surface area contributed by atoms with Crippen LogP contribution in [-0.2, 0) is 4.79 Å². The maximum atomic E-state index is 10.0. The van der Waals surface area contributed by atoms with E-state index < -0.39 is 0 Å². The average molecular weight is 267 g/mol.